The summed E-state index contributed by atoms with van der Waals surface area (Å²) in [6.45, 7) is 3.12. The molecule has 0 saturated carbocycles. The fourth-order valence-electron chi connectivity index (χ4n) is 1.97. The van der Waals surface area contributed by atoms with Gasteiger partial charge in [0.15, 0.2) is 10.6 Å². The highest BCUT2D eigenvalue weighted by Gasteiger charge is 2.14. The van der Waals surface area contributed by atoms with Gasteiger partial charge in [0.2, 0.25) is 0 Å². The summed E-state index contributed by atoms with van der Waals surface area (Å²) in [5, 5.41) is 0. The van der Waals surface area contributed by atoms with Crippen LogP contribution in [0.15, 0.2) is 29.2 Å². The van der Waals surface area contributed by atoms with Crippen LogP contribution >= 0.6 is 0 Å². The summed E-state index contributed by atoms with van der Waals surface area (Å²) in [4.78, 5) is 1.35. The van der Waals surface area contributed by atoms with E-state index in [0.29, 0.717) is 0 Å². The molecular weight excluding hydrogens is 240 g/mol. The lowest BCUT2D eigenvalue weighted by Gasteiger charge is -2.08. The molecular formula is C16H27OS+. The van der Waals surface area contributed by atoms with Crippen LogP contribution in [0.2, 0.25) is 0 Å². The maximum atomic E-state index is 5.91. The Balaban J connectivity index is 2.23. The lowest BCUT2D eigenvalue weighted by atomic mass is 10.1. The van der Waals surface area contributed by atoms with Gasteiger partial charge in [0.05, 0.1) is 6.61 Å². The molecule has 0 atom stereocenters. The minimum absolute atomic E-state index is 0.273. The number of hydrogen-bond donors (Lipinski definition) is 0. The summed E-state index contributed by atoms with van der Waals surface area (Å²) >= 11 is 0. The van der Waals surface area contributed by atoms with Crippen molar-refractivity contribution >= 4 is 10.9 Å². The third-order valence-electron chi connectivity index (χ3n) is 3.04. The van der Waals surface area contributed by atoms with E-state index in [4.69, 9.17) is 4.74 Å². The first-order valence-electron chi connectivity index (χ1n) is 7.05. The third kappa shape index (κ3) is 5.81. The summed E-state index contributed by atoms with van der Waals surface area (Å²) in [5.74, 6) is 1.08. The van der Waals surface area contributed by atoms with Crippen LogP contribution in [0.25, 0.3) is 0 Å². The molecule has 18 heavy (non-hydrogen) atoms. The predicted molar refractivity (Wildman–Crippen MR) is 82.8 cm³/mol. The van der Waals surface area contributed by atoms with Gasteiger partial charge >= 0.3 is 0 Å². The summed E-state index contributed by atoms with van der Waals surface area (Å²) < 4.78 is 5.91. The minimum Gasteiger partial charge on any atom is -0.488 e. The van der Waals surface area contributed by atoms with E-state index < -0.39 is 0 Å². The van der Waals surface area contributed by atoms with Crippen molar-refractivity contribution in [3.05, 3.63) is 24.3 Å². The van der Waals surface area contributed by atoms with Crippen molar-refractivity contribution in [3.63, 3.8) is 0 Å². The fraction of sp³-hybridized carbons (Fsp3) is 0.625. The Morgan fingerprint density at radius 3 is 2.33 bits per heavy atom. The molecule has 0 aliphatic carbocycles. The van der Waals surface area contributed by atoms with Gasteiger partial charge < -0.3 is 4.74 Å². The molecule has 0 aliphatic rings. The van der Waals surface area contributed by atoms with Crippen LogP contribution in [0.5, 0.6) is 5.75 Å². The SMILES string of the molecule is CCCCCCCCOc1ccccc1[S+](C)C. The van der Waals surface area contributed by atoms with Gasteiger partial charge in [-0.05, 0) is 18.6 Å². The minimum atomic E-state index is 0.273. The average molecular weight is 267 g/mol. The highest BCUT2D eigenvalue weighted by atomic mass is 32.2. The van der Waals surface area contributed by atoms with Crippen LogP contribution in [-0.4, -0.2) is 19.1 Å². The first kappa shape index (κ1) is 15.4. The number of para-hydroxylation sites is 1. The molecule has 0 saturated heterocycles. The van der Waals surface area contributed by atoms with E-state index in [0.717, 1.165) is 12.4 Å². The van der Waals surface area contributed by atoms with E-state index in [1.165, 1.54) is 43.4 Å². The smallest absolute Gasteiger partial charge is 0.196 e. The van der Waals surface area contributed by atoms with Gasteiger partial charge in [-0.3, -0.25) is 0 Å². The zero-order valence-corrected chi connectivity index (χ0v) is 12.9. The monoisotopic (exact) mass is 267 g/mol. The molecule has 0 aromatic heterocycles. The number of unbranched alkanes of at least 4 members (excludes halogenated alkanes) is 5. The van der Waals surface area contributed by atoms with Gasteiger partial charge in [-0.15, -0.1) is 0 Å². The standard InChI is InChI=1S/C16H27OS/c1-4-5-6-7-8-11-14-17-15-12-9-10-13-16(15)18(2)3/h9-10,12-13H,4-8,11,14H2,1-3H3/q+1. The summed E-state index contributed by atoms with van der Waals surface area (Å²) in [5.41, 5.74) is 0. The molecule has 0 amide bonds. The summed E-state index contributed by atoms with van der Waals surface area (Å²) in [6.07, 6.45) is 12.4. The topological polar surface area (TPSA) is 9.23 Å². The second kappa shape index (κ2) is 9.32. The maximum absolute atomic E-state index is 5.91. The molecule has 0 spiro atoms. The van der Waals surface area contributed by atoms with E-state index >= 15 is 0 Å². The van der Waals surface area contributed by atoms with Gasteiger partial charge in [0.25, 0.3) is 0 Å². The number of hydrogen-bond acceptors (Lipinski definition) is 1. The first-order chi connectivity index (χ1) is 8.75. The largest absolute Gasteiger partial charge is 0.488 e. The van der Waals surface area contributed by atoms with Crippen LogP contribution in [-0.2, 0) is 10.9 Å². The number of benzene rings is 1. The van der Waals surface area contributed by atoms with Crippen molar-refractivity contribution in [2.45, 2.75) is 50.3 Å². The Hall–Kier alpha value is -0.630. The quantitative estimate of drug-likeness (QED) is 0.467. The molecule has 0 bridgehead atoms. The van der Waals surface area contributed by atoms with Crippen molar-refractivity contribution in [3.8, 4) is 5.75 Å². The molecule has 0 radical (unpaired) electrons. The summed E-state index contributed by atoms with van der Waals surface area (Å²) in [6, 6.07) is 8.44. The van der Waals surface area contributed by atoms with Crippen molar-refractivity contribution in [2.24, 2.45) is 0 Å². The van der Waals surface area contributed by atoms with Gasteiger partial charge in [0, 0.05) is 10.9 Å². The fourth-order valence-corrected chi connectivity index (χ4v) is 2.85. The van der Waals surface area contributed by atoms with Crippen molar-refractivity contribution in [1.82, 2.24) is 0 Å². The van der Waals surface area contributed by atoms with Gasteiger partial charge in [-0.25, -0.2) is 0 Å². The second-order valence-corrected chi connectivity index (χ2v) is 6.95. The van der Waals surface area contributed by atoms with Crippen LogP contribution in [0.1, 0.15) is 45.4 Å². The maximum Gasteiger partial charge on any atom is 0.196 e. The van der Waals surface area contributed by atoms with E-state index in [1.54, 1.807) is 0 Å². The van der Waals surface area contributed by atoms with E-state index in [-0.39, 0.29) is 10.9 Å². The molecule has 0 heterocycles. The zero-order chi connectivity index (χ0) is 13.2. The van der Waals surface area contributed by atoms with Crippen molar-refractivity contribution < 1.29 is 4.74 Å². The molecule has 0 unspecified atom stereocenters. The Morgan fingerprint density at radius 2 is 1.61 bits per heavy atom. The molecule has 2 heteroatoms. The number of rotatable bonds is 9. The molecule has 1 rings (SSSR count). The zero-order valence-electron chi connectivity index (χ0n) is 12.1. The van der Waals surface area contributed by atoms with Gasteiger partial charge in [-0.1, -0.05) is 51.2 Å². The predicted octanol–water partition coefficient (Wildman–Crippen LogP) is 4.66. The molecule has 0 aliphatic heterocycles. The molecule has 1 aromatic rings. The van der Waals surface area contributed by atoms with E-state index in [1.807, 2.05) is 0 Å². The molecule has 1 nitrogen and oxygen atoms in total. The van der Waals surface area contributed by atoms with Crippen LogP contribution in [0.4, 0.5) is 0 Å². The van der Waals surface area contributed by atoms with Crippen LogP contribution < -0.4 is 4.74 Å². The van der Waals surface area contributed by atoms with Gasteiger partial charge in [0.1, 0.15) is 12.5 Å². The van der Waals surface area contributed by atoms with E-state index in [9.17, 15) is 0 Å². The normalized spacial score (nSPS) is 10.9. The van der Waals surface area contributed by atoms with Gasteiger partial charge in [-0.2, -0.15) is 0 Å². The lowest BCUT2D eigenvalue weighted by molar-refractivity contribution is 0.297. The van der Waals surface area contributed by atoms with Crippen LogP contribution in [0.3, 0.4) is 0 Å². The Kier molecular flexibility index (Phi) is 7.99. The summed E-state index contributed by atoms with van der Waals surface area (Å²) in [7, 11) is 0.273. The highest BCUT2D eigenvalue weighted by Crippen LogP contribution is 2.23. The third-order valence-corrected chi connectivity index (χ3v) is 4.26. The average Bonchev–Trinajstić information content (AvgIpc) is 2.38. The molecule has 0 fully saturated rings. The highest BCUT2D eigenvalue weighted by molar-refractivity contribution is 7.95. The van der Waals surface area contributed by atoms with Crippen molar-refractivity contribution in [1.29, 1.82) is 0 Å². The molecule has 1 aromatic carbocycles. The van der Waals surface area contributed by atoms with Crippen LogP contribution in [0, 0.1) is 0 Å². The van der Waals surface area contributed by atoms with Crippen molar-refractivity contribution in [2.75, 3.05) is 19.1 Å². The lowest BCUT2D eigenvalue weighted by Crippen LogP contribution is -2.03. The molecule has 102 valence electrons. The molecule has 0 N–H and O–H groups in total. The number of ether oxygens (including phenoxy) is 1. The Bertz CT molecular complexity index is 323. The Labute approximate surface area is 115 Å². The van der Waals surface area contributed by atoms with E-state index in [2.05, 4.69) is 43.7 Å². The first-order valence-corrected chi connectivity index (χ1v) is 9.09. The Morgan fingerprint density at radius 1 is 0.944 bits per heavy atom. The second-order valence-electron chi connectivity index (χ2n) is 4.88.